The third kappa shape index (κ3) is 6.32. The fraction of sp³-hybridized carbons (Fsp3) is 0.280. The second-order valence-electron chi connectivity index (χ2n) is 8.02. The molecule has 3 amide bonds. The van der Waals surface area contributed by atoms with Gasteiger partial charge in [0.1, 0.15) is 23.2 Å². The smallest absolute Gasteiger partial charge is 0.328 e. The molecule has 0 saturated carbocycles. The van der Waals surface area contributed by atoms with Crippen molar-refractivity contribution in [2.24, 2.45) is 5.92 Å². The van der Waals surface area contributed by atoms with Gasteiger partial charge in [0.25, 0.3) is 5.91 Å². The number of rotatable bonds is 9. The summed E-state index contributed by atoms with van der Waals surface area (Å²) in [6, 6.07) is 12.0. The van der Waals surface area contributed by atoms with Gasteiger partial charge in [0.2, 0.25) is 5.76 Å². The first-order valence-electron chi connectivity index (χ1n) is 11.0. The molecule has 0 radical (unpaired) electrons. The summed E-state index contributed by atoms with van der Waals surface area (Å²) in [6.45, 7) is 3.58. The Bertz CT molecular complexity index is 1220. The Labute approximate surface area is 208 Å². The highest BCUT2D eigenvalue weighted by Crippen LogP contribution is 2.29. The zero-order valence-corrected chi connectivity index (χ0v) is 20.6. The van der Waals surface area contributed by atoms with Crippen molar-refractivity contribution in [2.75, 3.05) is 32.0 Å². The molecule has 0 fully saturated rings. The highest BCUT2D eigenvalue weighted by molar-refractivity contribution is 6.01. The maximum atomic E-state index is 12.5. The number of amides is 3. The van der Waals surface area contributed by atoms with Crippen LogP contribution >= 0.6 is 0 Å². The first kappa shape index (κ1) is 26.1. The Hall–Kier alpha value is -4.54. The van der Waals surface area contributed by atoms with Gasteiger partial charge >= 0.3 is 12.0 Å². The SMILES string of the molecule is COC(=O)C(NC(=O)c1cc(-c2ccc(NC(=O)Nc3ccc(OC)cc3OC)cc2)no1)C(C)C. The van der Waals surface area contributed by atoms with E-state index in [1.54, 1.807) is 63.4 Å². The second-order valence-corrected chi connectivity index (χ2v) is 8.02. The van der Waals surface area contributed by atoms with Gasteiger partial charge in [-0.3, -0.25) is 4.79 Å². The molecule has 2 aromatic carbocycles. The molecule has 36 heavy (non-hydrogen) atoms. The maximum Gasteiger partial charge on any atom is 0.328 e. The molecule has 1 heterocycles. The predicted molar refractivity (Wildman–Crippen MR) is 132 cm³/mol. The van der Waals surface area contributed by atoms with Crippen LogP contribution in [0.4, 0.5) is 16.2 Å². The molecule has 1 atom stereocenters. The number of nitrogens with zero attached hydrogens (tertiary/aromatic N) is 1. The van der Waals surface area contributed by atoms with Crippen molar-refractivity contribution in [3.63, 3.8) is 0 Å². The standard InChI is InChI=1S/C25H28N4O7/c1-14(2)22(24(31)35-5)28-23(30)21-13-19(29-36-21)15-6-8-16(9-7-15)26-25(32)27-18-11-10-17(33-3)12-20(18)34-4/h6-14,22H,1-5H3,(H,28,30)(H2,26,27,32). The molecule has 3 rings (SSSR count). The summed E-state index contributed by atoms with van der Waals surface area (Å²) < 4.78 is 20.3. The number of anilines is 2. The van der Waals surface area contributed by atoms with Gasteiger partial charge in [-0.1, -0.05) is 31.1 Å². The van der Waals surface area contributed by atoms with Gasteiger partial charge < -0.3 is 34.7 Å². The molecule has 11 heteroatoms. The van der Waals surface area contributed by atoms with E-state index in [0.29, 0.717) is 34.1 Å². The van der Waals surface area contributed by atoms with Crippen LogP contribution < -0.4 is 25.4 Å². The van der Waals surface area contributed by atoms with E-state index in [9.17, 15) is 14.4 Å². The number of urea groups is 1. The molecule has 11 nitrogen and oxygen atoms in total. The lowest BCUT2D eigenvalue weighted by Crippen LogP contribution is -2.44. The van der Waals surface area contributed by atoms with Crippen LogP contribution in [0.2, 0.25) is 0 Å². The molecule has 0 bridgehead atoms. The van der Waals surface area contributed by atoms with Gasteiger partial charge in [0.15, 0.2) is 0 Å². The summed E-state index contributed by atoms with van der Waals surface area (Å²) in [5.41, 5.74) is 2.09. The number of carbonyl (C=O) groups excluding carboxylic acids is 3. The zero-order chi connectivity index (χ0) is 26.2. The van der Waals surface area contributed by atoms with Crippen molar-refractivity contribution in [3.05, 3.63) is 54.3 Å². The first-order chi connectivity index (χ1) is 17.2. The highest BCUT2D eigenvalue weighted by atomic mass is 16.5. The van der Waals surface area contributed by atoms with Gasteiger partial charge in [0.05, 0.1) is 27.0 Å². The van der Waals surface area contributed by atoms with Gasteiger partial charge in [-0.15, -0.1) is 0 Å². The topological polar surface area (TPSA) is 141 Å². The summed E-state index contributed by atoms with van der Waals surface area (Å²) in [6.07, 6.45) is 0. The Balaban J connectivity index is 1.63. The van der Waals surface area contributed by atoms with Crippen molar-refractivity contribution >= 4 is 29.3 Å². The van der Waals surface area contributed by atoms with Gasteiger partial charge in [0, 0.05) is 23.4 Å². The first-order valence-corrected chi connectivity index (χ1v) is 11.0. The van der Waals surface area contributed by atoms with Gasteiger partial charge in [-0.25, -0.2) is 9.59 Å². The number of nitrogens with one attached hydrogen (secondary N) is 3. The number of ether oxygens (including phenoxy) is 3. The quantitative estimate of drug-likeness (QED) is 0.379. The zero-order valence-electron chi connectivity index (χ0n) is 20.6. The predicted octanol–water partition coefficient (Wildman–Crippen LogP) is 3.93. The lowest BCUT2D eigenvalue weighted by Gasteiger charge is -2.18. The Morgan fingerprint density at radius 1 is 0.917 bits per heavy atom. The molecular weight excluding hydrogens is 468 g/mol. The molecule has 3 aromatic rings. The third-order valence-corrected chi connectivity index (χ3v) is 5.24. The fourth-order valence-corrected chi connectivity index (χ4v) is 3.27. The van der Waals surface area contributed by atoms with Crippen LogP contribution in [0.15, 0.2) is 53.1 Å². The molecule has 1 aromatic heterocycles. The fourth-order valence-electron chi connectivity index (χ4n) is 3.27. The Morgan fingerprint density at radius 2 is 1.64 bits per heavy atom. The third-order valence-electron chi connectivity index (χ3n) is 5.24. The average Bonchev–Trinajstić information content (AvgIpc) is 3.37. The summed E-state index contributed by atoms with van der Waals surface area (Å²) in [7, 11) is 4.30. The van der Waals surface area contributed by atoms with E-state index in [-0.39, 0.29) is 11.7 Å². The van der Waals surface area contributed by atoms with E-state index >= 15 is 0 Å². The van der Waals surface area contributed by atoms with E-state index < -0.39 is 23.9 Å². The minimum Gasteiger partial charge on any atom is -0.497 e. The maximum absolute atomic E-state index is 12.5. The number of esters is 1. The van der Waals surface area contributed by atoms with Crippen LogP contribution in [0, 0.1) is 5.92 Å². The van der Waals surface area contributed by atoms with E-state index in [4.69, 9.17) is 18.7 Å². The molecular formula is C25H28N4O7. The van der Waals surface area contributed by atoms with Crippen LogP contribution in [-0.4, -0.2) is 50.4 Å². The summed E-state index contributed by atoms with van der Waals surface area (Å²) in [4.78, 5) is 36.8. The number of benzene rings is 2. The van der Waals surface area contributed by atoms with E-state index in [0.717, 1.165) is 0 Å². The van der Waals surface area contributed by atoms with Crippen molar-refractivity contribution in [1.82, 2.24) is 10.5 Å². The molecule has 0 aliphatic carbocycles. The van der Waals surface area contributed by atoms with Crippen molar-refractivity contribution in [3.8, 4) is 22.8 Å². The van der Waals surface area contributed by atoms with Gasteiger partial charge in [-0.05, 0) is 30.2 Å². The molecule has 0 aliphatic heterocycles. The van der Waals surface area contributed by atoms with Crippen LogP contribution in [0.5, 0.6) is 11.5 Å². The Kier molecular flexibility index (Phi) is 8.50. The highest BCUT2D eigenvalue weighted by Gasteiger charge is 2.27. The van der Waals surface area contributed by atoms with E-state index in [2.05, 4.69) is 21.1 Å². The number of hydrogen-bond acceptors (Lipinski definition) is 8. The largest absolute Gasteiger partial charge is 0.497 e. The van der Waals surface area contributed by atoms with Crippen molar-refractivity contribution in [1.29, 1.82) is 0 Å². The molecule has 1 unspecified atom stereocenters. The lowest BCUT2D eigenvalue weighted by molar-refractivity contribution is -0.144. The second kappa shape index (κ2) is 11.7. The molecule has 0 aliphatic rings. The van der Waals surface area contributed by atoms with Crippen LogP contribution in [0.1, 0.15) is 24.4 Å². The summed E-state index contributed by atoms with van der Waals surface area (Å²) in [5, 5.41) is 12.0. The van der Waals surface area contributed by atoms with Crippen LogP contribution in [0.3, 0.4) is 0 Å². The normalized spacial score (nSPS) is 11.4. The molecule has 190 valence electrons. The van der Waals surface area contributed by atoms with E-state index in [1.165, 1.54) is 20.3 Å². The number of hydrogen-bond donors (Lipinski definition) is 3. The number of methoxy groups -OCH3 is 3. The minimum absolute atomic E-state index is 0.0467. The summed E-state index contributed by atoms with van der Waals surface area (Å²) in [5.74, 6) is -0.291. The monoisotopic (exact) mass is 496 g/mol. The average molecular weight is 497 g/mol. The number of aromatic nitrogens is 1. The molecule has 3 N–H and O–H groups in total. The van der Waals surface area contributed by atoms with E-state index in [1.807, 2.05) is 0 Å². The van der Waals surface area contributed by atoms with Gasteiger partial charge in [-0.2, -0.15) is 0 Å². The van der Waals surface area contributed by atoms with Crippen LogP contribution in [0.25, 0.3) is 11.3 Å². The minimum atomic E-state index is -0.814. The lowest BCUT2D eigenvalue weighted by atomic mass is 10.0. The van der Waals surface area contributed by atoms with Crippen molar-refractivity contribution < 1.29 is 33.1 Å². The summed E-state index contributed by atoms with van der Waals surface area (Å²) >= 11 is 0. The van der Waals surface area contributed by atoms with Crippen molar-refractivity contribution in [2.45, 2.75) is 19.9 Å². The van der Waals surface area contributed by atoms with Crippen LogP contribution in [-0.2, 0) is 9.53 Å². The molecule has 0 spiro atoms. The Morgan fingerprint density at radius 3 is 2.25 bits per heavy atom. The number of carbonyl (C=O) groups is 3. The molecule has 0 saturated heterocycles.